The lowest BCUT2D eigenvalue weighted by atomic mass is 10.1. The Kier molecular flexibility index (Phi) is 4.01. The van der Waals surface area contributed by atoms with E-state index in [-0.39, 0.29) is 5.91 Å². The summed E-state index contributed by atoms with van der Waals surface area (Å²) in [4.78, 5) is 28.5. The maximum atomic E-state index is 12.4. The van der Waals surface area contributed by atoms with E-state index in [2.05, 4.69) is 15.2 Å². The molecule has 1 amide bonds. The van der Waals surface area contributed by atoms with Crippen LogP contribution in [0.15, 0.2) is 51.7 Å². The molecule has 0 spiro atoms. The highest BCUT2D eigenvalue weighted by Crippen LogP contribution is 2.22. The predicted octanol–water partition coefficient (Wildman–Crippen LogP) is 3.36. The Labute approximate surface area is 144 Å². The molecular formula is C19H19N3O3. The third kappa shape index (κ3) is 3.28. The number of anilines is 2. The standard InChI is InChI=1S/C19H19N3O3/c23-18(13-4-9-16-17(12-13)25-19(24)21-16)20-14-5-7-15(8-6-14)22-10-2-1-3-11-22/h4-9,12H,1-3,10-11H2,(H,20,23)(H,21,24). The molecule has 1 fully saturated rings. The van der Waals surface area contributed by atoms with E-state index in [1.54, 1.807) is 18.2 Å². The van der Waals surface area contributed by atoms with E-state index in [4.69, 9.17) is 4.42 Å². The first-order valence-electron chi connectivity index (χ1n) is 8.48. The first-order valence-corrected chi connectivity index (χ1v) is 8.48. The van der Waals surface area contributed by atoms with Crippen LogP contribution in [-0.4, -0.2) is 24.0 Å². The number of nitrogens with zero attached hydrogens (tertiary/aromatic N) is 1. The van der Waals surface area contributed by atoms with Gasteiger partial charge in [0, 0.05) is 30.0 Å². The molecule has 1 aromatic heterocycles. The lowest BCUT2D eigenvalue weighted by Gasteiger charge is -2.28. The van der Waals surface area contributed by atoms with Crippen molar-refractivity contribution in [2.24, 2.45) is 0 Å². The lowest BCUT2D eigenvalue weighted by molar-refractivity contribution is 0.102. The third-order valence-electron chi connectivity index (χ3n) is 4.53. The molecule has 4 rings (SSSR count). The molecule has 0 unspecified atom stereocenters. The number of H-pyrrole nitrogens is 1. The highest BCUT2D eigenvalue weighted by molar-refractivity contribution is 6.05. The van der Waals surface area contributed by atoms with Crippen molar-refractivity contribution in [1.29, 1.82) is 0 Å². The van der Waals surface area contributed by atoms with Gasteiger partial charge in [-0.3, -0.25) is 9.78 Å². The molecule has 25 heavy (non-hydrogen) atoms. The topological polar surface area (TPSA) is 78.3 Å². The minimum Gasteiger partial charge on any atom is -0.408 e. The number of amides is 1. The van der Waals surface area contributed by atoms with Crippen molar-refractivity contribution < 1.29 is 9.21 Å². The lowest BCUT2D eigenvalue weighted by Crippen LogP contribution is -2.29. The summed E-state index contributed by atoms with van der Waals surface area (Å²) in [5.74, 6) is -0.766. The fraction of sp³-hybridized carbons (Fsp3) is 0.263. The van der Waals surface area contributed by atoms with Gasteiger partial charge in [0.05, 0.1) is 5.52 Å². The fourth-order valence-electron chi connectivity index (χ4n) is 3.20. The Hall–Kier alpha value is -3.02. The van der Waals surface area contributed by atoms with E-state index in [9.17, 15) is 9.59 Å². The van der Waals surface area contributed by atoms with Crippen molar-refractivity contribution in [3.05, 3.63) is 58.6 Å². The molecule has 0 atom stereocenters. The van der Waals surface area contributed by atoms with Gasteiger partial charge in [0.15, 0.2) is 5.58 Å². The summed E-state index contributed by atoms with van der Waals surface area (Å²) in [6, 6.07) is 12.8. The number of aromatic amines is 1. The van der Waals surface area contributed by atoms with Crippen LogP contribution in [0.4, 0.5) is 11.4 Å². The van der Waals surface area contributed by atoms with Crippen molar-refractivity contribution in [2.75, 3.05) is 23.3 Å². The third-order valence-corrected chi connectivity index (χ3v) is 4.53. The molecule has 0 bridgehead atoms. The van der Waals surface area contributed by atoms with Crippen LogP contribution in [-0.2, 0) is 0 Å². The van der Waals surface area contributed by atoms with Gasteiger partial charge in [-0.05, 0) is 61.7 Å². The summed E-state index contributed by atoms with van der Waals surface area (Å²) in [6.07, 6.45) is 3.77. The summed E-state index contributed by atoms with van der Waals surface area (Å²) in [5, 5.41) is 2.87. The average molecular weight is 337 g/mol. The minimum absolute atomic E-state index is 0.239. The van der Waals surface area contributed by atoms with Gasteiger partial charge in [-0.1, -0.05) is 0 Å². The van der Waals surface area contributed by atoms with Gasteiger partial charge in [0.1, 0.15) is 0 Å². The summed E-state index contributed by atoms with van der Waals surface area (Å²) >= 11 is 0. The van der Waals surface area contributed by atoms with Crippen molar-refractivity contribution in [1.82, 2.24) is 4.98 Å². The maximum Gasteiger partial charge on any atom is 0.417 e. The summed E-state index contributed by atoms with van der Waals surface area (Å²) < 4.78 is 5.00. The number of oxazole rings is 1. The Morgan fingerprint density at radius 1 is 1.04 bits per heavy atom. The zero-order chi connectivity index (χ0) is 17.2. The number of hydrogen-bond acceptors (Lipinski definition) is 4. The smallest absolute Gasteiger partial charge is 0.408 e. The van der Waals surface area contributed by atoms with Crippen molar-refractivity contribution >= 4 is 28.4 Å². The Morgan fingerprint density at radius 2 is 1.80 bits per heavy atom. The second kappa shape index (κ2) is 6.47. The first-order chi connectivity index (χ1) is 12.2. The average Bonchev–Trinajstić information content (AvgIpc) is 3.02. The van der Waals surface area contributed by atoms with Gasteiger partial charge >= 0.3 is 5.76 Å². The van der Waals surface area contributed by atoms with Crippen molar-refractivity contribution in [3.8, 4) is 0 Å². The molecule has 2 heterocycles. The molecule has 3 aromatic rings. The molecular weight excluding hydrogens is 318 g/mol. The van der Waals surface area contributed by atoms with Crippen LogP contribution >= 0.6 is 0 Å². The molecule has 0 aliphatic carbocycles. The van der Waals surface area contributed by atoms with Crippen LogP contribution in [0.25, 0.3) is 11.1 Å². The van der Waals surface area contributed by atoms with Gasteiger partial charge in [-0.25, -0.2) is 4.79 Å². The van der Waals surface area contributed by atoms with E-state index in [0.717, 1.165) is 18.8 Å². The van der Waals surface area contributed by atoms with E-state index in [0.29, 0.717) is 16.7 Å². The first kappa shape index (κ1) is 15.5. The molecule has 0 radical (unpaired) electrons. The summed E-state index contributed by atoms with van der Waals surface area (Å²) in [5.41, 5.74) is 3.32. The second-order valence-corrected chi connectivity index (χ2v) is 6.27. The Morgan fingerprint density at radius 3 is 2.56 bits per heavy atom. The highest BCUT2D eigenvalue weighted by atomic mass is 16.4. The van der Waals surface area contributed by atoms with Gasteiger partial charge < -0.3 is 14.6 Å². The number of nitrogens with one attached hydrogen (secondary N) is 2. The number of hydrogen-bond donors (Lipinski definition) is 2. The SMILES string of the molecule is O=C(Nc1ccc(N2CCCCC2)cc1)c1ccc2[nH]c(=O)oc2c1. The quantitative estimate of drug-likeness (QED) is 0.768. The van der Waals surface area contributed by atoms with Gasteiger partial charge in [-0.2, -0.15) is 0 Å². The van der Waals surface area contributed by atoms with Gasteiger partial charge in [0.2, 0.25) is 0 Å². The zero-order valence-electron chi connectivity index (χ0n) is 13.7. The highest BCUT2D eigenvalue weighted by Gasteiger charge is 2.12. The van der Waals surface area contributed by atoms with Crippen LogP contribution in [0.3, 0.4) is 0 Å². The molecule has 128 valence electrons. The molecule has 1 aliphatic heterocycles. The predicted molar refractivity (Wildman–Crippen MR) is 97.3 cm³/mol. The number of aromatic nitrogens is 1. The number of rotatable bonds is 3. The number of benzene rings is 2. The number of carbonyl (C=O) groups excluding carboxylic acids is 1. The van der Waals surface area contributed by atoms with E-state index >= 15 is 0 Å². The van der Waals surface area contributed by atoms with Crippen LogP contribution in [0.1, 0.15) is 29.6 Å². The molecule has 6 nitrogen and oxygen atoms in total. The molecule has 6 heteroatoms. The number of piperidine rings is 1. The maximum absolute atomic E-state index is 12.4. The van der Waals surface area contributed by atoms with Gasteiger partial charge in [0.25, 0.3) is 5.91 Å². The minimum atomic E-state index is -0.527. The summed E-state index contributed by atoms with van der Waals surface area (Å²) in [7, 11) is 0. The molecule has 2 N–H and O–H groups in total. The Balaban J connectivity index is 1.48. The van der Waals surface area contributed by atoms with E-state index < -0.39 is 5.76 Å². The summed E-state index contributed by atoms with van der Waals surface area (Å²) in [6.45, 7) is 2.18. The number of carbonyl (C=O) groups is 1. The van der Waals surface area contributed by atoms with Crippen molar-refractivity contribution in [2.45, 2.75) is 19.3 Å². The van der Waals surface area contributed by atoms with Crippen LogP contribution in [0.5, 0.6) is 0 Å². The molecule has 1 saturated heterocycles. The second-order valence-electron chi connectivity index (χ2n) is 6.27. The van der Waals surface area contributed by atoms with E-state index in [1.807, 2.05) is 24.3 Å². The van der Waals surface area contributed by atoms with Crippen molar-refractivity contribution in [3.63, 3.8) is 0 Å². The van der Waals surface area contributed by atoms with Crippen LogP contribution in [0, 0.1) is 0 Å². The number of fused-ring (bicyclic) bond motifs is 1. The molecule has 0 saturated carbocycles. The zero-order valence-corrected chi connectivity index (χ0v) is 13.7. The monoisotopic (exact) mass is 337 g/mol. The molecule has 1 aliphatic rings. The van der Waals surface area contributed by atoms with Crippen LogP contribution < -0.4 is 16.0 Å². The molecule has 2 aromatic carbocycles. The fourth-order valence-corrected chi connectivity index (χ4v) is 3.20. The van der Waals surface area contributed by atoms with Crippen LogP contribution in [0.2, 0.25) is 0 Å². The van der Waals surface area contributed by atoms with Gasteiger partial charge in [-0.15, -0.1) is 0 Å². The largest absolute Gasteiger partial charge is 0.417 e. The Bertz CT molecular complexity index is 950. The van der Waals surface area contributed by atoms with E-state index in [1.165, 1.54) is 24.9 Å². The normalized spacial score (nSPS) is 14.6.